The molecule has 0 heterocycles. The number of sulfonamides is 1. The number of nitrogens with zero attached hydrogens (tertiary/aromatic N) is 3. The maximum atomic E-state index is 14.1. The van der Waals surface area contributed by atoms with Gasteiger partial charge >= 0.3 is 0 Å². The minimum atomic E-state index is -4.13. The third-order valence-corrected chi connectivity index (χ3v) is 7.46. The largest absolute Gasteiger partial charge is 0.495 e. The molecular formula is C29H34N4O7S. The van der Waals surface area contributed by atoms with Crippen molar-refractivity contribution in [1.82, 2.24) is 10.2 Å². The fourth-order valence-corrected chi connectivity index (χ4v) is 5.13. The molecular weight excluding hydrogens is 548 g/mol. The van der Waals surface area contributed by atoms with Crippen LogP contribution in [0.1, 0.15) is 24.5 Å². The molecule has 0 saturated carbocycles. The lowest BCUT2D eigenvalue weighted by Crippen LogP contribution is -2.53. The first-order chi connectivity index (χ1) is 19.5. The molecule has 11 nitrogen and oxygen atoms in total. The highest BCUT2D eigenvalue weighted by atomic mass is 32.2. The Hall–Kier alpha value is -4.45. The molecule has 218 valence electrons. The van der Waals surface area contributed by atoms with Crippen molar-refractivity contribution in [2.75, 3.05) is 30.8 Å². The fraction of sp³-hybridized carbons (Fsp3) is 0.310. The van der Waals surface area contributed by atoms with Crippen molar-refractivity contribution in [1.29, 1.82) is 0 Å². The number of nitro benzene ring substituents is 1. The van der Waals surface area contributed by atoms with Crippen molar-refractivity contribution >= 4 is 33.2 Å². The molecule has 41 heavy (non-hydrogen) atoms. The van der Waals surface area contributed by atoms with E-state index in [0.717, 1.165) is 27.8 Å². The second kappa shape index (κ2) is 14.3. The monoisotopic (exact) mass is 582 g/mol. The molecule has 0 spiro atoms. The van der Waals surface area contributed by atoms with Crippen LogP contribution < -0.4 is 14.4 Å². The third kappa shape index (κ3) is 8.52. The molecule has 1 atom stereocenters. The van der Waals surface area contributed by atoms with Crippen LogP contribution in [-0.2, 0) is 32.6 Å². The molecule has 0 radical (unpaired) electrons. The standard InChI is InChI=1S/C29H34N4O7S/c1-4-17-30-29(35)26(18-22-11-7-5-8-12-22)31(20-23-13-9-6-10-14-23)28(34)21-32(41(3,38)39)25-19-24(33(36)37)15-16-27(25)40-2/h5-16,19,26H,4,17-18,20-21H2,1-3H3,(H,30,35). The smallest absolute Gasteiger partial charge is 0.271 e. The molecule has 0 fully saturated rings. The zero-order chi connectivity index (χ0) is 30.0. The summed E-state index contributed by atoms with van der Waals surface area (Å²) in [6, 6.07) is 20.8. The number of amides is 2. The Morgan fingerprint density at radius 2 is 1.61 bits per heavy atom. The van der Waals surface area contributed by atoms with Crippen LogP contribution in [0.2, 0.25) is 0 Å². The summed E-state index contributed by atoms with van der Waals surface area (Å²) < 4.78 is 32.0. The van der Waals surface area contributed by atoms with E-state index < -0.39 is 33.4 Å². The van der Waals surface area contributed by atoms with E-state index in [4.69, 9.17) is 4.74 Å². The highest BCUT2D eigenvalue weighted by molar-refractivity contribution is 7.92. The molecule has 3 aromatic rings. The van der Waals surface area contributed by atoms with Crippen LogP contribution in [-0.4, -0.2) is 62.6 Å². The van der Waals surface area contributed by atoms with Crippen LogP contribution in [0.25, 0.3) is 0 Å². The second-order valence-electron chi connectivity index (χ2n) is 9.39. The summed E-state index contributed by atoms with van der Waals surface area (Å²) >= 11 is 0. The van der Waals surface area contributed by atoms with Crippen molar-refractivity contribution < 1.29 is 27.7 Å². The number of rotatable bonds is 14. The van der Waals surface area contributed by atoms with E-state index in [1.807, 2.05) is 55.5 Å². The number of benzene rings is 3. The first kappa shape index (κ1) is 31.1. The topological polar surface area (TPSA) is 139 Å². The maximum absolute atomic E-state index is 14.1. The average molecular weight is 583 g/mol. The van der Waals surface area contributed by atoms with Gasteiger partial charge < -0.3 is 15.0 Å². The molecule has 12 heteroatoms. The predicted octanol–water partition coefficient (Wildman–Crippen LogP) is 3.54. The van der Waals surface area contributed by atoms with Crippen molar-refractivity contribution in [3.8, 4) is 5.75 Å². The predicted molar refractivity (Wildman–Crippen MR) is 156 cm³/mol. The van der Waals surface area contributed by atoms with Gasteiger partial charge in [-0.3, -0.25) is 24.0 Å². The normalized spacial score (nSPS) is 11.8. The number of hydrogen-bond donors (Lipinski definition) is 1. The number of carbonyl (C=O) groups is 2. The van der Waals surface area contributed by atoms with Crippen molar-refractivity contribution in [2.45, 2.75) is 32.4 Å². The summed E-state index contributed by atoms with van der Waals surface area (Å²) in [5, 5.41) is 14.3. The molecule has 1 unspecified atom stereocenters. The van der Waals surface area contributed by atoms with Gasteiger partial charge in [0.1, 0.15) is 24.0 Å². The van der Waals surface area contributed by atoms with Crippen LogP contribution in [0.5, 0.6) is 5.75 Å². The Labute approximate surface area is 239 Å². The minimum Gasteiger partial charge on any atom is -0.495 e. The van der Waals surface area contributed by atoms with E-state index >= 15 is 0 Å². The zero-order valence-electron chi connectivity index (χ0n) is 23.2. The van der Waals surface area contributed by atoms with Crippen LogP contribution in [0.4, 0.5) is 11.4 Å². The van der Waals surface area contributed by atoms with Gasteiger partial charge in [-0.05, 0) is 23.6 Å². The summed E-state index contributed by atoms with van der Waals surface area (Å²) in [4.78, 5) is 39.7. The number of anilines is 1. The minimum absolute atomic E-state index is 0.0282. The zero-order valence-corrected chi connectivity index (χ0v) is 24.0. The molecule has 0 aliphatic rings. The Morgan fingerprint density at radius 1 is 1.00 bits per heavy atom. The van der Waals surface area contributed by atoms with Crippen molar-refractivity contribution in [3.05, 3.63) is 100 Å². The Morgan fingerprint density at radius 3 is 2.15 bits per heavy atom. The Bertz CT molecular complexity index is 1450. The highest BCUT2D eigenvalue weighted by Crippen LogP contribution is 2.34. The number of hydrogen-bond acceptors (Lipinski definition) is 7. The van der Waals surface area contributed by atoms with Crippen LogP contribution in [0, 0.1) is 10.1 Å². The molecule has 0 aliphatic carbocycles. The van der Waals surface area contributed by atoms with Gasteiger partial charge in [0.25, 0.3) is 5.69 Å². The van der Waals surface area contributed by atoms with Gasteiger partial charge in [-0.15, -0.1) is 0 Å². The summed E-state index contributed by atoms with van der Waals surface area (Å²) in [6.07, 6.45) is 1.77. The third-order valence-electron chi connectivity index (χ3n) is 6.34. The van der Waals surface area contributed by atoms with Gasteiger partial charge in [0.05, 0.1) is 18.3 Å². The molecule has 1 N–H and O–H groups in total. The van der Waals surface area contributed by atoms with E-state index in [1.165, 1.54) is 24.1 Å². The lowest BCUT2D eigenvalue weighted by atomic mass is 10.0. The van der Waals surface area contributed by atoms with Crippen molar-refractivity contribution in [3.63, 3.8) is 0 Å². The van der Waals surface area contributed by atoms with Gasteiger partial charge in [-0.25, -0.2) is 8.42 Å². The summed E-state index contributed by atoms with van der Waals surface area (Å²) in [6.45, 7) is 1.63. The number of ether oxygens (including phenoxy) is 1. The lowest BCUT2D eigenvalue weighted by molar-refractivity contribution is -0.384. The maximum Gasteiger partial charge on any atom is 0.271 e. The van der Waals surface area contributed by atoms with Crippen LogP contribution in [0.3, 0.4) is 0 Å². The number of carbonyl (C=O) groups excluding carboxylic acids is 2. The number of non-ortho nitro benzene ring substituents is 1. The van der Waals surface area contributed by atoms with Gasteiger partial charge in [0.15, 0.2) is 0 Å². The molecule has 0 saturated heterocycles. The molecule has 0 bridgehead atoms. The van der Waals surface area contributed by atoms with E-state index in [9.17, 15) is 28.1 Å². The average Bonchev–Trinajstić information content (AvgIpc) is 2.96. The second-order valence-corrected chi connectivity index (χ2v) is 11.3. The molecule has 0 aliphatic heterocycles. The first-order valence-corrected chi connectivity index (χ1v) is 14.8. The number of methoxy groups -OCH3 is 1. The summed E-state index contributed by atoms with van der Waals surface area (Å²) in [5.74, 6) is -1.01. The Balaban J connectivity index is 2.09. The van der Waals surface area contributed by atoms with Crippen LogP contribution in [0.15, 0.2) is 78.9 Å². The SMILES string of the molecule is CCCNC(=O)C(Cc1ccccc1)N(Cc1ccccc1)C(=O)CN(c1cc([N+](=O)[O-])ccc1OC)S(C)(=O)=O. The highest BCUT2D eigenvalue weighted by Gasteiger charge is 2.34. The van der Waals surface area contributed by atoms with E-state index in [2.05, 4.69) is 5.32 Å². The van der Waals surface area contributed by atoms with E-state index in [1.54, 1.807) is 12.1 Å². The van der Waals surface area contributed by atoms with E-state index in [0.29, 0.717) is 13.0 Å². The van der Waals surface area contributed by atoms with Gasteiger partial charge in [-0.2, -0.15) is 0 Å². The summed E-state index contributed by atoms with van der Waals surface area (Å²) in [5.41, 5.74) is 1.02. The molecule has 0 aromatic heterocycles. The van der Waals surface area contributed by atoms with Gasteiger partial charge in [-0.1, -0.05) is 67.6 Å². The number of nitro groups is 1. The molecule has 2 amide bonds. The van der Waals surface area contributed by atoms with Gasteiger partial charge in [0, 0.05) is 31.6 Å². The van der Waals surface area contributed by atoms with Gasteiger partial charge in [0.2, 0.25) is 21.8 Å². The summed E-state index contributed by atoms with van der Waals surface area (Å²) in [7, 11) is -2.84. The Kier molecular flexibility index (Phi) is 10.8. The van der Waals surface area contributed by atoms with Crippen LogP contribution >= 0.6 is 0 Å². The van der Waals surface area contributed by atoms with E-state index in [-0.39, 0.29) is 36.0 Å². The number of nitrogens with one attached hydrogen (secondary N) is 1. The van der Waals surface area contributed by atoms with Crippen molar-refractivity contribution in [2.24, 2.45) is 0 Å². The quantitative estimate of drug-likeness (QED) is 0.227. The molecule has 3 aromatic carbocycles. The lowest BCUT2D eigenvalue weighted by Gasteiger charge is -2.33. The molecule has 3 rings (SSSR count). The first-order valence-electron chi connectivity index (χ1n) is 13.0. The fourth-order valence-electron chi connectivity index (χ4n) is 4.28.